The fourth-order valence-electron chi connectivity index (χ4n) is 3.66. The molecule has 0 bridgehead atoms. The van der Waals surface area contributed by atoms with Crippen molar-refractivity contribution in [1.29, 1.82) is 0 Å². The van der Waals surface area contributed by atoms with E-state index in [4.69, 9.17) is 10.8 Å². The van der Waals surface area contributed by atoms with Crippen molar-refractivity contribution in [3.63, 3.8) is 0 Å². The first kappa shape index (κ1) is 30.8. The summed E-state index contributed by atoms with van der Waals surface area (Å²) in [6.07, 6.45) is 2.15. The van der Waals surface area contributed by atoms with Crippen molar-refractivity contribution in [3.05, 3.63) is 48.0 Å². The van der Waals surface area contributed by atoms with Gasteiger partial charge in [-0.2, -0.15) is 0 Å². The van der Waals surface area contributed by atoms with Crippen LogP contribution in [0.2, 0.25) is 0 Å². The number of nitrogens with one attached hydrogen (secondary N) is 4. The van der Waals surface area contributed by atoms with E-state index in [2.05, 4.69) is 25.9 Å². The molecule has 1 aromatic carbocycles. The third kappa shape index (κ3) is 10.1. The third-order valence-electron chi connectivity index (χ3n) is 5.85. The van der Waals surface area contributed by atoms with Crippen LogP contribution >= 0.6 is 0 Å². The average molecular weight is 547 g/mol. The summed E-state index contributed by atoms with van der Waals surface area (Å²) in [5, 5.41) is 35.5. The number of carboxylic acid groups (broad SMARTS) is 2. The van der Waals surface area contributed by atoms with Crippen molar-refractivity contribution in [2.24, 2.45) is 11.7 Å². The summed E-state index contributed by atoms with van der Waals surface area (Å²) in [4.78, 5) is 68.4. The zero-order valence-electron chi connectivity index (χ0n) is 21.6. The fourth-order valence-corrected chi connectivity index (χ4v) is 3.66. The smallest absolute Gasteiger partial charge is 0.326 e. The number of H-pyrrole nitrogens is 1. The molecule has 14 heteroatoms. The molecule has 4 atom stereocenters. The predicted molar refractivity (Wildman–Crippen MR) is 137 cm³/mol. The summed E-state index contributed by atoms with van der Waals surface area (Å²) in [7, 11) is 0. The number of hydrogen-bond acceptors (Lipinski definition) is 8. The molecule has 1 heterocycles. The number of benzene rings is 1. The Morgan fingerprint density at radius 2 is 1.56 bits per heavy atom. The number of imidazole rings is 1. The van der Waals surface area contributed by atoms with Gasteiger partial charge in [-0.1, -0.05) is 26.0 Å². The van der Waals surface area contributed by atoms with E-state index in [1.54, 1.807) is 13.8 Å². The van der Waals surface area contributed by atoms with Gasteiger partial charge in [-0.15, -0.1) is 0 Å². The van der Waals surface area contributed by atoms with E-state index in [9.17, 15) is 34.2 Å². The van der Waals surface area contributed by atoms with Crippen LogP contribution < -0.4 is 21.7 Å². The third-order valence-corrected chi connectivity index (χ3v) is 5.85. The number of aromatic amines is 1. The van der Waals surface area contributed by atoms with Crippen molar-refractivity contribution in [2.45, 2.75) is 63.7 Å². The van der Waals surface area contributed by atoms with Crippen LogP contribution in [0.4, 0.5) is 0 Å². The number of nitrogens with two attached hydrogens (primary N) is 1. The first-order valence-corrected chi connectivity index (χ1v) is 12.2. The quantitative estimate of drug-likeness (QED) is 0.140. The van der Waals surface area contributed by atoms with Crippen LogP contribution in [0.15, 0.2) is 36.8 Å². The van der Waals surface area contributed by atoms with Gasteiger partial charge in [0.1, 0.15) is 23.9 Å². The molecule has 0 spiro atoms. The number of carbonyl (C=O) groups is 5. The van der Waals surface area contributed by atoms with Crippen LogP contribution in [-0.4, -0.2) is 79.1 Å². The molecule has 9 N–H and O–H groups in total. The van der Waals surface area contributed by atoms with Gasteiger partial charge in [0.2, 0.25) is 17.7 Å². The number of phenolic OH excluding ortho intramolecular Hbond substituents is 1. The molecule has 39 heavy (non-hydrogen) atoms. The highest BCUT2D eigenvalue weighted by Gasteiger charge is 2.32. The maximum absolute atomic E-state index is 13.1. The Morgan fingerprint density at radius 1 is 0.923 bits per heavy atom. The first-order valence-electron chi connectivity index (χ1n) is 12.2. The number of carboxylic acids is 2. The van der Waals surface area contributed by atoms with E-state index in [1.807, 2.05) is 0 Å². The topological polar surface area (TPSA) is 237 Å². The molecule has 0 aliphatic rings. The summed E-state index contributed by atoms with van der Waals surface area (Å²) >= 11 is 0. The molecule has 212 valence electrons. The lowest BCUT2D eigenvalue weighted by Crippen LogP contribution is -2.58. The lowest BCUT2D eigenvalue weighted by atomic mass is 10.0. The van der Waals surface area contributed by atoms with Gasteiger partial charge in [0.25, 0.3) is 0 Å². The van der Waals surface area contributed by atoms with Gasteiger partial charge >= 0.3 is 11.9 Å². The molecule has 2 rings (SSSR count). The molecule has 0 saturated heterocycles. The van der Waals surface area contributed by atoms with E-state index in [0.717, 1.165) is 0 Å². The van der Waals surface area contributed by atoms with Gasteiger partial charge < -0.3 is 42.0 Å². The van der Waals surface area contributed by atoms with Crippen LogP contribution in [0, 0.1) is 5.92 Å². The number of phenols is 1. The number of amides is 3. The molecular formula is C25H34N6O8. The van der Waals surface area contributed by atoms with Crippen LogP contribution in [0.25, 0.3) is 0 Å². The van der Waals surface area contributed by atoms with Crippen LogP contribution in [0.1, 0.15) is 37.9 Å². The van der Waals surface area contributed by atoms with E-state index in [1.165, 1.54) is 36.8 Å². The van der Waals surface area contributed by atoms with Crippen molar-refractivity contribution in [3.8, 4) is 5.75 Å². The maximum Gasteiger partial charge on any atom is 0.326 e. The Kier molecular flexibility index (Phi) is 11.4. The molecule has 0 aliphatic heterocycles. The van der Waals surface area contributed by atoms with Gasteiger partial charge in [0.05, 0.1) is 12.4 Å². The maximum atomic E-state index is 13.1. The van der Waals surface area contributed by atoms with Crippen LogP contribution in [0.3, 0.4) is 0 Å². The van der Waals surface area contributed by atoms with E-state index in [-0.39, 0.29) is 25.0 Å². The number of rotatable bonds is 15. The van der Waals surface area contributed by atoms with Crippen molar-refractivity contribution in [2.75, 3.05) is 0 Å². The predicted octanol–water partition coefficient (Wildman–Crippen LogP) is -0.712. The molecule has 2 aromatic rings. The fraction of sp³-hybridized carbons (Fsp3) is 0.440. The molecule has 1 aromatic heterocycles. The SMILES string of the molecule is CC(C)C(NC(=O)C(N)Cc1cnc[nH]1)C(=O)NC(CCC(=O)O)C(=O)NC(Cc1ccc(O)cc1)C(=O)O. The second-order valence-electron chi connectivity index (χ2n) is 9.38. The molecule has 4 unspecified atom stereocenters. The molecule has 0 saturated carbocycles. The van der Waals surface area contributed by atoms with Crippen molar-refractivity contribution >= 4 is 29.7 Å². The van der Waals surface area contributed by atoms with Gasteiger partial charge in [0, 0.05) is 31.2 Å². The monoisotopic (exact) mass is 546 g/mol. The standard InChI is InChI=1S/C25H34N6O8/c1-13(2)21(31-22(35)17(26)10-15-11-27-12-28-15)24(37)29-18(7-8-20(33)34)23(36)30-19(25(38)39)9-14-3-5-16(32)6-4-14/h3-6,11-13,17-19,21,32H,7-10,26H2,1-2H3,(H,27,28)(H,29,37)(H,30,36)(H,31,35)(H,33,34)(H,38,39). The van der Waals surface area contributed by atoms with Crippen molar-refractivity contribution < 1.29 is 39.3 Å². The Balaban J connectivity index is 2.12. The number of aromatic nitrogens is 2. The minimum Gasteiger partial charge on any atom is -0.508 e. The highest BCUT2D eigenvalue weighted by atomic mass is 16.4. The number of nitrogens with zero attached hydrogens (tertiary/aromatic N) is 1. The Hall–Kier alpha value is -4.46. The van der Waals surface area contributed by atoms with Gasteiger partial charge in [-0.3, -0.25) is 19.2 Å². The summed E-state index contributed by atoms with van der Waals surface area (Å²) in [5.74, 6) is -5.30. The van der Waals surface area contributed by atoms with Gasteiger partial charge in [-0.25, -0.2) is 9.78 Å². The summed E-state index contributed by atoms with van der Waals surface area (Å²) in [5.41, 5.74) is 7.09. The molecule has 0 fully saturated rings. The van der Waals surface area contributed by atoms with E-state index in [0.29, 0.717) is 11.3 Å². The molecular weight excluding hydrogens is 512 g/mol. The van der Waals surface area contributed by atoms with E-state index < -0.39 is 66.2 Å². The normalized spacial score (nSPS) is 14.1. The lowest BCUT2D eigenvalue weighted by Gasteiger charge is -2.27. The number of aromatic hydroxyl groups is 1. The Bertz CT molecular complexity index is 1140. The summed E-state index contributed by atoms with van der Waals surface area (Å²) in [6, 6.07) is 0.821. The largest absolute Gasteiger partial charge is 0.508 e. The Labute approximate surface area is 224 Å². The second-order valence-corrected chi connectivity index (χ2v) is 9.38. The van der Waals surface area contributed by atoms with Crippen molar-refractivity contribution in [1.82, 2.24) is 25.9 Å². The minimum atomic E-state index is -1.40. The number of aliphatic carboxylic acids is 2. The average Bonchev–Trinajstić information content (AvgIpc) is 3.38. The van der Waals surface area contributed by atoms with Gasteiger partial charge in [-0.05, 0) is 30.0 Å². The highest BCUT2D eigenvalue weighted by Crippen LogP contribution is 2.12. The van der Waals surface area contributed by atoms with Crippen LogP contribution in [0.5, 0.6) is 5.75 Å². The first-order chi connectivity index (χ1) is 18.4. The summed E-state index contributed by atoms with van der Waals surface area (Å²) < 4.78 is 0. The zero-order valence-corrected chi connectivity index (χ0v) is 21.6. The van der Waals surface area contributed by atoms with E-state index >= 15 is 0 Å². The number of carbonyl (C=O) groups excluding carboxylic acids is 3. The zero-order chi connectivity index (χ0) is 29.1. The number of hydrogen-bond donors (Lipinski definition) is 8. The van der Waals surface area contributed by atoms with Crippen LogP contribution in [-0.2, 0) is 36.8 Å². The molecule has 3 amide bonds. The van der Waals surface area contributed by atoms with Gasteiger partial charge in [0.15, 0.2) is 0 Å². The molecule has 0 radical (unpaired) electrons. The highest BCUT2D eigenvalue weighted by molar-refractivity contribution is 5.94. The Morgan fingerprint density at radius 3 is 2.10 bits per heavy atom. The minimum absolute atomic E-state index is 0.0137. The lowest BCUT2D eigenvalue weighted by molar-refractivity contribution is -0.143. The summed E-state index contributed by atoms with van der Waals surface area (Å²) in [6.45, 7) is 3.32. The molecule has 14 nitrogen and oxygen atoms in total. The second kappa shape index (κ2) is 14.5. The molecule has 0 aliphatic carbocycles.